The monoisotopic (exact) mass is 223 g/mol. The molecule has 1 fully saturated rings. The highest BCUT2D eigenvalue weighted by atomic mass is 16.3. The summed E-state index contributed by atoms with van der Waals surface area (Å²) in [5.74, 6) is 0.875. The third-order valence-electron chi connectivity index (χ3n) is 3.04. The highest BCUT2D eigenvalue weighted by Crippen LogP contribution is 2.23. The van der Waals surface area contributed by atoms with E-state index in [1.807, 2.05) is 19.1 Å². The summed E-state index contributed by atoms with van der Waals surface area (Å²) < 4.78 is 5.37. The summed E-state index contributed by atoms with van der Waals surface area (Å²) >= 11 is 0. The molecule has 1 aromatic rings. The van der Waals surface area contributed by atoms with E-state index < -0.39 is 0 Å². The predicted octanol–water partition coefficient (Wildman–Crippen LogP) is 0.0997. The Bertz CT molecular complexity index is 350. The maximum atomic E-state index is 11.6. The molecule has 1 saturated heterocycles. The lowest BCUT2D eigenvalue weighted by Gasteiger charge is -2.37. The van der Waals surface area contributed by atoms with E-state index in [0.717, 1.165) is 12.3 Å². The van der Waals surface area contributed by atoms with Crippen molar-refractivity contribution >= 4 is 5.91 Å². The lowest BCUT2D eigenvalue weighted by atomic mass is 10.1. The van der Waals surface area contributed by atoms with Crippen LogP contribution in [-0.4, -0.2) is 36.5 Å². The maximum Gasteiger partial charge on any atom is 0.237 e. The van der Waals surface area contributed by atoms with Crippen molar-refractivity contribution in [2.75, 3.05) is 19.6 Å². The predicted molar refractivity (Wildman–Crippen MR) is 59.7 cm³/mol. The highest BCUT2D eigenvalue weighted by molar-refractivity contribution is 5.82. The molecule has 0 aromatic carbocycles. The van der Waals surface area contributed by atoms with E-state index in [4.69, 9.17) is 10.2 Å². The summed E-state index contributed by atoms with van der Waals surface area (Å²) in [6, 6.07) is 3.56. The Morgan fingerprint density at radius 1 is 1.75 bits per heavy atom. The minimum absolute atomic E-state index is 0.0175. The zero-order valence-corrected chi connectivity index (χ0v) is 9.35. The second-order valence-corrected chi connectivity index (χ2v) is 3.97. The van der Waals surface area contributed by atoms with Crippen molar-refractivity contribution in [1.29, 1.82) is 0 Å². The molecule has 1 amide bonds. The molecule has 2 heterocycles. The molecule has 1 aliphatic rings. The number of carbonyl (C=O) groups excluding carboxylic acids is 1. The zero-order valence-electron chi connectivity index (χ0n) is 9.35. The lowest BCUT2D eigenvalue weighted by Crippen LogP contribution is -2.55. The number of furan rings is 1. The first-order chi connectivity index (χ1) is 7.74. The molecule has 2 unspecified atom stereocenters. The van der Waals surface area contributed by atoms with Gasteiger partial charge in [-0.05, 0) is 19.1 Å². The van der Waals surface area contributed by atoms with Crippen molar-refractivity contribution in [2.45, 2.75) is 19.0 Å². The van der Waals surface area contributed by atoms with Crippen LogP contribution in [0.4, 0.5) is 0 Å². The topological polar surface area (TPSA) is 71.5 Å². The number of hydrogen-bond acceptors (Lipinski definition) is 4. The Labute approximate surface area is 94.6 Å². The molecule has 2 atom stereocenters. The smallest absolute Gasteiger partial charge is 0.237 e. The highest BCUT2D eigenvalue weighted by Gasteiger charge is 2.32. The van der Waals surface area contributed by atoms with Crippen LogP contribution in [0.1, 0.15) is 18.7 Å². The molecule has 2 rings (SSSR count). The number of nitrogens with one attached hydrogen (secondary N) is 1. The Morgan fingerprint density at radius 3 is 3.19 bits per heavy atom. The Balaban J connectivity index is 2.17. The Morgan fingerprint density at radius 2 is 2.56 bits per heavy atom. The summed E-state index contributed by atoms with van der Waals surface area (Å²) in [5, 5.41) is 2.83. The maximum absolute atomic E-state index is 11.6. The van der Waals surface area contributed by atoms with Crippen molar-refractivity contribution in [1.82, 2.24) is 10.2 Å². The van der Waals surface area contributed by atoms with E-state index in [0.29, 0.717) is 13.1 Å². The molecule has 0 saturated carbocycles. The molecule has 16 heavy (non-hydrogen) atoms. The molecule has 0 aliphatic carbocycles. The van der Waals surface area contributed by atoms with Crippen LogP contribution >= 0.6 is 0 Å². The summed E-state index contributed by atoms with van der Waals surface area (Å²) in [7, 11) is 0. The molecule has 0 bridgehead atoms. The van der Waals surface area contributed by atoms with Gasteiger partial charge in [0.05, 0.1) is 18.3 Å². The van der Waals surface area contributed by atoms with Crippen molar-refractivity contribution in [3.05, 3.63) is 24.2 Å². The minimum Gasteiger partial charge on any atom is -0.468 e. The fourth-order valence-electron chi connectivity index (χ4n) is 2.12. The van der Waals surface area contributed by atoms with Gasteiger partial charge in [-0.3, -0.25) is 9.69 Å². The van der Waals surface area contributed by atoms with Crippen LogP contribution in [0.25, 0.3) is 0 Å². The van der Waals surface area contributed by atoms with Gasteiger partial charge >= 0.3 is 0 Å². The molecular formula is C11H17N3O2. The lowest BCUT2D eigenvalue weighted by molar-refractivity contribution is -0.129. The van der Waals surface area contributed by atoms with Gasteiger partial charge in [-0.25, -0.2) is 0 Å². The molecule has 0 radical (unpaired) electrons. The third-order valence-corrected chi connectivity index (χ3v) is 3.04. The van der Waals surface area contributed by atoms with Gasteiger partial charge in [-0.1, -0.05) is 0 Å². The van der Waals surface area contributed by atoms with Crippen molar-refractivity contribution in [3.8, 4) is 0 Å². The summed E-state index contributed by atoms with van der Waals surface area (Å²) in [4.78, 5) is 13.7. The van der Waals surface area contributed by atoms with Crippen LogP contribution in [0, 0.1) is 0 Å². The van der Waals surface area contributed by atoms with E-state index in [2.05, 4.69) is 10.2 Å². The van der Waals surface area contributed by atoms with Gasteiger partial charge < -0.3 is 15.5 Å². The number of nitrogens with zero attached hydrogens (tertiary/aromatic N) is 1. The molecule has 3 N–H and O–H groups in total. The fraction of sp³-hybridized carbons (Fsp3) is 0.545. The first-order valence-electron chi connectivity index (χ1n) is 5.51. The van der Waals surface area contributed by atoms with Gasteiger partial charge in [0.25, 0.3) is 0 Å². The average Bonchev–Trinajstić information content (AvgIpc) is 2.79. The van der Waals surface area contributed by atoms with Crippen LogP contribution in [0.5, 0.6) is 0 Å². The Kier molecular flexibility index (Phi) is 3.26. The molecule has 5 nitrogen and oxygen atoms in total. The van der Waals surface area contributed by atoms with E-state index in [1.165, 1.54) is 0 Å². The second-order valence-electron chi connectivity index (χ2n) is 3.97. The Hall–Kier alpha value is -1.33. The first kappa shape index (κ1) is 11.2. The largest absolute Gasteiger partial charge is 0.468 e. The number of hydrogen-bond donors (Lipinski definition) is 2. The summed E-state index contributed by atoms with van der Waals surface area (Å²) in [5.41, 5.74) is 5.77. The number of amides is 1. The van der Waals surface area contributed by atoms with E-state index in [9.17, 15) is 4.79 Å². The quantitative estimate of drug-likeness (QED) is 0.762. The van der Waals surface area contributed by atoms with E-state index >= 15 is 0 Å². The summed E-state index contributed by atoms with van der Waals surface area (Å²) in [6.45, 7) is 3.81. The number of rotatable bonds is 3. The van der Waals surface area contributed by atoms with Gasteiger partial charge in [0.1, 0.15) is 5.76 Å². The van der Waals surface area contributed by atoms with Crippen molar-refractivity contribution in [2.24, 2.45) is 5.73 Å². The van der Waals surface area contributed by atoms with E-state index in [-0.39, 0.29) is 18.0 Å². The summed E-state index contributed by atoms with van der Waals surface area (Å²) in [6.07, 6.45) is 1.63. The van der Waals surface area contributed by atoms with Gasteiger partial charge in [0, 0.05) is 19.6 Å². The number of piperazine rings is 1. The van der Waals surface area contributed by atoms with Gasteiger partial charge in [0.15, 0.2) is 0 Å². The van der Waals surface area contributed by atoms with Crippen LogP contribution in [-0.2, 0) is 4.79 Å². The standard InChI is InChI=1S/C11H17N3O2/c1-8-11(15)13-4-5-14(8)9(7-12)10-3-2-6-16-10/h2-3,6,8-9H,4-5,7,12H2,1H3,(H,13,15). The van der Waals surface area contributed by atoms with Crippen LogP contribution < -0.4 is 11.1 Å². The molecule has 5 heteroatoms. The van der Waals surface area contributed by atoms with Gasteiger partial charge in [0.2, 0.25) is 5.91 Å². The van der Waals surface area contributed by atoms with Crippen LogP contribution in [0.15, 0.2) is 22.8 Å². The molecule has 0 spiro atoms. The average molecular weight is 223 g/mol. The van der Waals surface area contributed by atoms with Crippen molar-refractivity contribution in [3.63, 3.8) is 0 Å². The van der Waals surface area contributed by atoms with Gasteiger partial charge in [-0.2, -0.15) is 0 Å². The number of carbonyl (C=O) groups is 1. The minimum atomic E-state index is -0.160. The second kappa shape index (κ2) is 4.67. The molecule has 88 valence electrons. The molecule has 1 aromatic heterocycles. The molecular weight excluding hydrogens is 206 g/mol. The molecule has 1 aliphatic heterocycles. The number of nitrogens with two attached hydrogens (primary N) is 1. The normalized spacial score (nSPS) is 24.1. The van der Waals surface area contributed by atoms with Crippen molar-refractivity contribution < 1.29 is 9.21 Å². The first-order valence-corrected chi connectivity index (χ1v) is 5.51. The van der Waals surface area contributed by atoms with Gasteiger partial charge in [-0.15, -0.1) is 0 Å². The fourth-order valence-corrected chi connectivity index (χ4v) is 2.12. The van der Waals surface area contributed by atoms with Crippen LogP contribution in [0.2, 0.25) is 0 Å². The third kappa shape index (κ3) is 1.96. The van der Waals surface area contributed by atoms with Crippen LogP contribution in [0.3, 0.4) is 0 Å². The SMILES string of the molecule is CC1C(=O)NCCN1C(CN)c1ccco1. The zero-order chi connectivity index (χ0) is 11.5. The van der Waals surface area contributed by atoms with E-state index in [1.54, 1.807) is 6.26 Å².